The highest BCUT2D eigenvalue weighted by atomic mass is 16.3. The number of nitrogens with zero attached hydrogens (tertiary/aromatic N) is 3. The van der Waals surface area contributed by atoms with Gasteiger partial charge in [0.1, 0.15) is 11.3 Å². The molecule has 6 heteroatoms. The first-order chi connectivity index (χ1) is 6.79. The number of imidazole rings is 1. The van der Waals surface area contributed by atoms with Crippen molar-refractivity contribution in [3.8, 4) is 0 Å². The van der Waals surface area contributed by atoms with Crippen LogP contribution in [0, 0.1) is 0 Å². The quantitative estimate of drug-likeness (QED) is 0.597. The summed E-state index contributed by atoms with van der Waals surface area (Å²) in [6, 6.07) is 0. The average Bonchev–Trinajstić information content (AvgIpc) is 2.64. The van der Waals surface area contributed by atoms with Gasteiger partial charge in [0.05, 0.1) is 25.2 Å². The Morgan fingerprint density at radius 2 is 2.29 bits per heavy atom. The zero-order chi connectivity index (χ0) is 9.97. The maximum Gasteiger partial charge on any atom is 0.180 e. The number of aliphatic hydroxyl groups is 2. The van der Waals surface area contributed by atoms with Crippen LogP contribution in [0.25, 0.3) is 11.2 Å². The van der Waals surface area contributed by atoms with E-state index in [1.54, 1.807) is 6.20 Å². The van der Waals surface area contributed by atoms with E-state index in [1.807, 2.05) is 0 Å². The summed E-state index contributed by atoms with van der Waals surface area (Å²) in [4.78, 5) is 14.9. The van der Waals surface area contributed by atoms with Crippen LogP contribution in [0.4, 0.5) is 0 Å². The van der Waals surface area contributed by atoms with E-state index in [4.69, 9.17) is 5.11 Å². The fourth-order valence-electron chi connectivity index (χ4n) is 1.14. The van der Waals surface area contributed by atoms with Crippen molar-refractivity contribution in [3.05, 3.63) is 18.3 Å². The normalized spacial score (nSPS) is 13.3. The molecule has 74 valence electrons. The van der Waals surface area contributed by atoms with Gasteiger partial charge >= 0.3 is 0 Å². The van der Waals surface area contributed by atoms with Gasteiger partial charge < -0.3 is 15.2 Å². The molecule has 2 aromatic rings. The van der Waals surface area contributed by atoms with Crippen LogP contribution in [0.3, 0.4) is 0 Å². The van der Waals surface area contributed by atoms with Crippen molar-refractivity contribution < 1.29 is 10.2 Å². The second-order valence-electron chi connectivity index (χ2n) is 2.97. The summed E-state index contributed by atoms with van der Waals surface area (Å²) in [6.45, 7) is -0.290. The van der Waals surface area contributed by atoms with Crippen LogP contribution in [0.1, 0.15) is 5.82 Å². The monoisotopic (exact) mass is 194 g/mol. The van der Waals surface area contributed by atoms with E-state index in [-0.39, 0.29) is 13.0 Å². The molecule has 0 saturated carbocycles. The van der Waals surface area contributed by atoms with Crippen LogP contribution in [0.5, 0.6) is 0 Å². The van der Waals surface area contributed by atoms with E-state index in [0.717, 1.165) is 5.52 Å². The van der Waals surface area contributed by atoms with Gasteiger partial charge in [0.25, 0.3) is 0 Å². The molecule has 0 aliphatic carbocycles. The summed E-state index contributed by atoms with van der Waals surface area (Å²) in [7, 11) is 0. The third-order valence-corrected chi connectivity index (χ3v) is 1.85. The molecule has 0 fully saturated rings. The Kier molecular flexibility index (Phi) is 2.38. The fraction of sp³-hybridized carbons (Fsp3) is 0.375. The minimum absolute atomic E-state index is 0.235. The lowest BCUT2D eigenvalue weighted by Crippen LogP contribution is -2.16. The molecule has 0 aromatic carbocycles. The van der Waals surface area contributed by atoms with Gasteiger partial charge in [-0.15, -0.1) is 0 Å². The second kappa shape index (κ2) is 3.69. The molecule has 0 radical (unpaired) electrons. The summed E-state index contributed by atoms with van der Waals surface area (Å²) >= 11 is 0. The molecule has 0 aliphatic heterocycles. The Morgan fingerprint density at radius 1 is 1.43 bits per heavy atom. The Hall–Kier alpha value is -1.53. The van der Waals surface area contributed by atoms with Crippen molar-refractivity contribution >= 4 is 11.2 Å². The van der Waals surface area contributed by atoms with Crippen LogP contribution < -0.4 is 0 Å². The Bertz CT molecular complexity index is 428. The largest absolute Gasteiger partial charge is 0.394 e. The van der Waals surface area contributed by atoms with Gasteiger partial charge in [-0.25, -0.2) is 15.0 Å². The van der Waals surface area contributed by atoms with Crippen molar-refractivity contribution in [2.75, 3.05) is 6.61 Å². The van der Waals surface area contributed by atoms with Gasteiger partial charge in [0.2, 0.25) is 0 Å². The highest BCUT2D eigenvalue weighted by Gasteiger charge is 2.07. The topological polar surface area (TPSA) is 94.9 Å². The summed E-state index contributed by atoms with van der Waals surface area (Å²) in [5, 5.41) is 17.8. The lowest BCUT2D eigenvalue weighted by molar-refractivity contribution is 0.0939. The molecule has 6 nitrogen and oxygen atoms in total. The highest BCUT2D eigenvalue weighted by molar-refractivity contribution is 5.68. The molecular weight excluding hydrogens is 184 g/mol. The molecule has 0 saturated heterocycles. The molecule has 14 heavy (non-hydrogen) atoms. The first kappa shape index (κ1) is 9.04. The van der Waals surface area contributed by atoms with Gasteiger partial charge in [0, 0.05) is 6.42 Å². The Morgan fingerprint density at radius 3 is 3.07 bits per heavy atom. The fourth-order valence-corrected chi connectivity index (χ4v) is 1.14. The van der Waals surface area contributed by atoms with E-state index in [1.165, 1.54) is 6.33 Å². The zero-order valence-electron chi connectivity index (χ0n) is 7.38. The number of hydrogen-bond acceptors (Lipinski definition) is 5. The van der Waals surface area contributed by atoms with Gasteiger partial charge in [-0.1, -0.05) is 0 Å². The third kappa shape index (κ3) is 1.70. The number of aromatic amines is 1. The van der Waals surface area contributed by atoms with Crippen molar-refractivity contribution in [1.82, 2.24) is 19.9 Å². The predicted molar refractivity (Wildman–Crippen MR) is 48.5 cm³/mol. The second-order valence-corrected chi connectivity index (χ2v) is 2.97. The standard InChI is InChI=1S/C8H10N4O2/c13-3-5(14)1-7-9-2-6-8(12-7)11-4-10-6/h2,4-5,13-14H,1,3H2,(H,9,10,11,12). The number of hydrogen-bond donors (Lipinski definition) is 3. The first-order valence-corrected chi connectivity index (χ1v) is 4.23. The van der Waals surface area contributed by atoms with E-state index in [2.05, 4.69) is 19.9 Å². The molecule has 2 heterocycles. The lowest BCUT2D eigenvalue weighted by Gasteiger charge is -2.04. The first-order valence-electron chi connectivity index (χ1n) is 4.23. The molecule has 0 aliphatic rings. The van der Waals surface area contributed by atoms with Crippen molar-refractivity contribution in [3.63, 3.8) is 0 Å². The van der Waals surface area contributed by atoms with Gasteiger partial charge in [-0.3, -0.25) is 0 Å². The minimum atomic E-state index is -0.814. The minimum Gasteiger partial charge on any atom is -0.394 e. The number of aliphatic hydroxyl groups excluding tert-OH is 2. The maximum absolute atomic E-state index is 9.18. The molecule has 1 atom stereocenters. The maximum atomic E-state index is 9.18. The van der Waals surface area contributed by atoms with Gasteiger partial charge in [-0.05, 0) is 0 Å². The molecule has 3 N–H and O–H groups in total. The smallest absolute Gasteiger partial charge is 0.180 e. The number of nitrogens with one attached hydrogen (secondary N) is 1. The molecule has 0 amide bonds. The van der Waals surface area contributed by atoms with Gasteiger partial charge in [0.15, 0.2) is 5.65 Å². The predicted octanol–water partition coefficient (Wildman–Crippen LogP) is -0.751. The number of fused-ring (bicyclic) bond motifs is 1. The van der Waals surface area contributed by atoms with Gasteiger partial charge in [-0.2, -0.15) is 0 Å². The summed E-state index contributed by atoms with van der Waals surface area (Å²) < 4.78 is 0. The van der Waals surface area contributed by atoms with E-state index in [0.29, 0.717) is 11.5 Å². The Balaban J connectivity index is 2.25. The SMILES string of the molecule is OCC(O)Cc1ncc2[nH]cnc2n1. The molecule has 0 bridgehead atoms. The lowest BCUT2D eigenvalue weighted by atomic mass is 10.2. The van der Waals surface area contributed by atoms with Crippen molar-refractivity contribution in [2.24, 2.45) is 0 Å². The summed E-state index contributed by atoms with van der Waals surface area (Å²) in [6.07, 6.45) is 2.56. The molecule has 2 rings (SSSR count). The van der Waals surface area contributed by atoms with E-state index < -0.39 is 6.10 Å². The highest BCUT2D eigenvalue weighted by Crippen LogP contribution is 2.05. The molecule has 1 unspecified atom stereocenters. The van der Waals surface area contributed by atoms with Crippen LogP contribution in [-0.2, 0) is 6.42 Å². The third-order valence-electron chi connectivity index (χ3n) is 1.85. The molecular formula is C8H10N4O2. The number of rotatable bonds is 3. The van der Waals surface area contributed by atoms with Crippen molar-refractivity contribution in [1.29, 1.82) is 0 Å². The van der Waals surface area contributed by atoms with Crippen LogP contribution in [-0.4, -0.2) is 42.9 Å². The van der Waals surface area contributed by atoms with Crippen LogP contribution in [0.15, 0.2) is 12.5 Å². The molecule has 2 aromatic heterocycles. The summed E-state index contributed by atoms with van der Waals surface area (Å²) in [5.41, 5.74) is 1.33. The summed E-state index contributed by atoms with van der Waals surface area (Å²) in [5.74, 6) is 0.478. The van der Waals surface area contributed by atoms with Crippen LogP contribution >= 0.6 is 0 Å². The molecule has 0 spiro atoms. The number of aromatic nitrogens is 4. The average molecular weight is 194 g/mol. The number of H-pyrrole nitrogens is 1. The zero-order valence-corrected chi connectivity index (χ0v) is 7.38. The van der Waals surface area contributed by atoms with E-state index >= 15 is 0 Å². The van der Waals surface area contributed by atoms with E-state index in [9.17, 15) is 5.11 Å². The van der Waals surface area contributed by atoms with Crippen molar-refractivity contribution in [2.45, 2.75) is 12.5 Å². The Labute approximate surface area is 79.7 Å². The van der Waals surface area contributed by atoms with Crippen LogP contribution in [0.2, 0.25) is 0 Å².